The molecular weight excluding hydrogens is 220 g/mol. The predicted molar refractivity (Wildman–Crippen MR) is 65.1 cm³/mol. The fourth-order valence-corrected chi connectivity index (χ4v) is 1.93. The third-order valence-corrected chi connectivity index (χ3v) is 2.81. The molecule has 0 spiro atoms. The summed E-state index contributed by atoms with van der Waals surface area (Å²) in [5.41, 5.74) is 1.81. The lowest BCUT2D eigenvalue weighted by molar-refractivity contribution is -0.385. The van der Waals surface area contributed by atoms with Gasteiger partial charge in [0.05, 0.1) is 17.6 Å². The van der Waals surface area contributed by atoms with E-state index in [0.29, 0.717) is 11.3 Å². The molecule has 1 aromatic carbocycles. The lowest BCUT2D eigenvalue weighted by Crippen LogP contribution is -2.20. The Kier molecular flexibility index (Phi) is 3.39. The summed E-state index contributed by atoms with van der Waals surface area (Å²) in [6.07, 6.45) is 2.79. The molecule has 1 aromatic rings. The highest BCUT2D eigenvalue weighted by atomic mass is 16.6. The second-order valence-corrected chi connectivity index (χ2v) is 3.82. The molecule has 0 amide bonds. The van der Waals surface area contributed by atoms with Crippen molar-refractivity contribution in [2.24, 2.45) is 0 Å². The molecule has 17 heavy (non-hydrogen) atoms. The highest BCUT2D eigenvalue weighted by molar-refractivity contribution is 5.74. The molecule has 90 valence electrons. The van der Waals surface area contributed by atoms with Crippen LogP contribution in [-0.2, 0) is 0 Å². The number of hydrogen-bond donors (Lipinski definition) is 1. The van der Waals surface area contributed by atoms with Crippen molar-refractivity contribution in [3.05, 3.63) is 40.0 Å². The number of nitro groups is 1. The zero-order valence-corrected chi connectivity index (χ0v) is 9.60. The van der Waals surface area contributed by atoms with Crippen molar-refractivity contribution >= 4 is 11.3 Å². The second-order valence-electron chi connectivity index (χ2n) is 3.82. The average molecular weight is 234 g/mol. The Labute approximate surface area is 99.2 Å². The largest absolute Gasteiger partial charge is 0.497 e. The van der Waals surface area contributed by atoms with Gasteiger partial charge in [-0.15, -0.1) is 0 Å². The number of nitro benzene ring substituents is 1. The third kappa shape index (κ3) is 2.45. The van der Waals surface area contributed by atoms with E-state index in [1.807, 2.05) is 6.08 Å². The van der Waals surface area contributed by atoms with Gasteiger partial charge in [-0.2, -0.15) is 0 Å². The van der Waals surface area contributed by atoms with Gasteiger partial charge in [-0.1, -0.05) is 6.08 Å². The molecule has 0 fully saturated rings. The average Bonchev–Trinajstić information content (AvgIpc) is 2.39. The molecule has 0 atom stereocenters. The Morgan fingerprint density at radius 1 is 1.47 bits per heavy atom. The number of methoxy groups -OCH3 is 1. The first-order chi connectivity index (χ1) is 8.22. The van der Waals surface area contributed by atoms with Crippen LogP contribution in [0, 0.1) is 10.1 Å². The van der Waals surface area contributed by atoms with Gasteiger partial charge < -0.3 is 10.1 Å². The highest BCUT2D eigenvalue weighted by Crippen LogP contribution is 2.32. The maximum absolute atomic E-state index is 11.0. The maximum atomic E-state index is 11.0. The molecule has 0 saturated carbocycles. The van der Waals surface area contributed by atoms with Crippen LogP contribution in [0.25, 0.3) is 5.57 Å². The molecule has 0 saturated heterocycles. The number of rotatable bonds is 3. The van der Waals surface area contributed by atoms with Gasteiger partial charge in [-0.3, -0.25) is 10.1 Å². The molecule has 5 heteroatoms. The van der Waals surface area contributed by atoms with Crippen molar-refractivity contribution in [1.29, 1.82) is 0 Å². The first kappa shape index (κ1) is 11.6. The summed E-state index contributed by atoms with van der Waals surface area (Å²) in [5, 5.41) is 14.2. The summed E-state index contributed by atoms with van der Waals surface area (Å²) >= 11 is 0. The van der Waals surface area contributed by atoms with Crippen LogP contribution < -0.4 is 10.1 Å². The van der Waals surface area contributed by atoms with Gasteiger partial charge in [-0.05, 0) is 30.7 Å². The molecule has 0 aliphatic carbocycles. The third-order valence-electron chi connectivity index (χ3n) is 2.81. The van der Waals surface area contributed by atoms with Crippen LogP contribution in [0.4, 0.5) is 5.69 Å². The van der Waals surface area contributed by atoms with Crippen LogP contribution in [0.5, 0.6) is 5.75 Å². The minimum Gasteiger partial charge on any atom is -0.497 e. The molecule has 0 bridgehead atoms. The Morgan fingerprint density at radius 3 is 2.88 bits per heavy atom. The van der Waals surface area contributed by atoms with Crippen molar-refractivity contribution in [2.45, 2.75) is 6.42 Å². The monoisotopic (exact) mass is 234 g/mol. The molecule has 1 aliphatic rings. The standard InChI is InChI=1S/C12H14N2O3/c1-17-10-2-3-12(14(15)16)11(8-10)9-4-6-13-7-5-9/h2-4,8,13H,5-7H2,1H3. The minimum absolute atomic E-state index is 0.138. The molecule has 5 nitrogen and oxygen atoms in total. The molecule has 0 unspecified atom stereocenters. The lowest BCUT2D eigenvalue weighted by atomic mass is 9.98. The summed E-state index contributed by atoms with van der Waals surface area (Å²) in [6, 6.07) is 4.84. The normalized spacial score (nSPS) is 15.2. The Hall–Kier alpha value is -1.88. The Morgan fingerprint density at radius 2 is 2.29 bits per heavy atom. The van der Waals surface area contributed by atoms with Crippen LogP contribution in [0.15, 0.2) is 24.3 Å². The lowest BCUT2D eigenvalue weighted by Gasteiger charge is -2.14. The fourth-order valence-electron chi connectivity index (χ4n) is 1.93. The molecular formula is C12H14N2O3. The van der Waals surface area contributed by atoms with Gasteiger partial charge in [0.2, 0.25) is 0 Å². The van der Waals surface area contributed by atoms with Gasteiger partial charge in [0, 0.05) is 12.6 Å². The fraction of sp³-hybridized carbons (Fsp3) is 0.333. The van der Waals surface area contributed by atoms with Gasteiger partial charge in [0.1, 0.15) is 5.75 Å². The van der Waals surface area contributed by atoms with E-state index in [-0.39, 0.29) is 10.6 Å². The molecule has 2 rings (SSSR count). The van der Waals surface area contributed by atoms with Crippen LogP contribution in [0.1, 0.15) is 12.0 Å². The molecule has 1 heterocycles. The molecule has 0 radical (unpaired) electrons. The smallest absolute Gasteiger partial charge is 0.277 e. The topological polar surface area (TPSA) is 64.4 Å². The van der Waals surface area contributed by atoms with Crippen molar-refractivity contribution in [3.63, 3.8) is 0 Å². The van der Waals surface area contributed by atoms with E-state index < -0.39 is 0 Å². The molecule has 1 aliphatic heterocycles. The van der Waals surface area contributed by atoms with Crippen molar-refractivity contribution in [2.75, 3.05) is 20.2 Å². The van der Waals surface area contributed by atoms with E-state index in [4.69, 9.17) is 4.74 Å². The first-order valence-corrected chi connectivity index (χ1v) is 5.45. The van der Waals surface area contributed by atoms with Gasteiger partial charge >= 0.3 is 0 Å². The first-order valence-electron chi connectivity index (χ1n) is 5.45. The summed E-state index contributed by atoms with van der Waals surface area (Å²) < 4.78 is 5.11. The van der Waals surface area contributed by atoms with E-state index in [0.717, 1.165) is 25.1 Å². The summed E-state index contributed by atoms with van der Waals surface area (Å²) in [5.74, 6) is 0.644. The summed E-state index contributed by atoms with van der Waals surface area (Å²) in [4.78, 5) is 10.6. The number of nitrogens with zero attached hydrogens (tertiary/aromatic N) is 1. The second kappa shape index (κ2) is 4.97. The number of benzene rings is 1. The maximum Gasteiger partial charge on any atom is 0.277 e. The van der Waals surface area contributed by atoms with Crippen LogP contribution >= 0.6 is 0 Å². The number of hydrogen-bond acceptors (Lipinski definition) is 4. The van der Waals surface area contributed by atoms with Crippen molar-refractivity contribution in [1.82, 2.24) is 5.32 Å². The van der Waals surface area contributed by atoms with Crippen LogP contribution in [-0.4, -0.2) is 25.1 Å². The van der Waals surface area contributed by atoms with Crippen molar-refractivity contribution in [3.8, 4) is 5.75 Å². The highest BCUT2D eigenvalue weighted by Gasteiger charge is 2.18. The zero-order chi connectivity index (χ0) is 12.3. The summed E-state index contributed by atoms with van der Waals surface area (Å²) in [7, 11) is 1.56. The summed E-state index contributed by atoms with van der Waals surface area (Å²) in [6.45, 7) is 1.60. The Balaban J connectivity index is 2.47. The minimum atomic E-state index is -0.350. The van der Waals surface area contributed by atoms with Gasteiger partial charge in [0.25, 0.3) is 5.69 Å². The van der Waals surface area contributed by atoms with E-state index in [1.54, 1.807) is 19.2 Å². The predicted octanol–water partition coefficient (Wildman–Crippen LogP) is 1.98. The Bertz CT molecular complexity index is 469. The van der Waals surface area contributed by atoms with E-state index in [2.05, 4.69) is 5.32 Å². The van der Waals surface area contributed by atoms with Crippen LogP contribution in [0.3, 0.4) is 0 Å². The van der Waals surface area contributed by atoms with Gasteiger partial charge in [-0.25, -0.2) is 0 Å². The van der Waals surface area contributed by atoms with Gasteiger partial charge in [0.15, 0.2) is 0 Å². The van der Waals surface area contributed by atoms with E-state index in [9.17, 15) is 10.1 Å². The molecule has 1 N–H and O–H groups in total. The quantitative estimate of drug-likeness (QED) is 0.641. The molecule has 0 aromatic heterocycles. The van der Waals surface area contributed by atoms with Crippen molar-refractivity contribution < 1.29 is 9.66 Å². The van der Waals surface area contributed by atoms with E-state index in [1.165, 1.54) is 6.07 Å². The zero-order valence-electron chi connectivity index (χ0n) is 9.60. The SMILES string of the molecule is COc1ccc([N+](=O)[O-])c(C2=CCNCC2)c1. The van der Waals surface area contributed by atoms with E-state index >= 15 is 0 Å². The number of nitrogens with one attached hydrogen (secondary N) is 1. The number of ether oxygens (including phenoxy) is 1. The van der Waals surface area contributed by atoms with Crippen LogP contribution in [0.2, 0.25) is 0 Å².